The normalized spacial score (nSPS) is 11.7. The van der Waals surface area contributed by atoms with Gasteiger partial charge in [-0.25, -0.2) is 0 Å². The van der Waals surface area contributed by atoms with Gasteiger partial charge in [0.05, 0.1) is 33.0 Å². The predicted molar refractivity (Wildman–Crippen MR) is 112 cm³/mol. The van der Waals surface area contributed by atoms with Gasteiger partial charge in [0.25, 0.3) is 5.69 Å². The maximum absolute atomic E-state index is 12.7. The minimum atomic E-state index is -0.610. The van der Waals surface area contributed by atoms with Gasteiger partial charge in [0.1, 0.15) is 17.5 Å². The Morgan fingerprint density at radius 1 is 1.24 bits per heavy atom. The quantitative estimate of drug-likeness (QED) is 0.405. The van der Waals surface area contributed by atoms with Crippen molar-refractivity contribution in [3.8, 4) is 11.5 Å². The van der Waals surface area contributed by atoms with Gasteiger partial charge >= 0.3 is 0 Å². The largest absolute Gasteiger partial charge is 0.457 e. The van der Waals surface area contributed by atoms with Crippen LogP contribution in [0.1, 0.15) is 24.2 Å². The summed E-state index contributed by atoms with van der Waals surface area (Å²) in [5, 5.41) is 18.2. The van der Waals surface area contributed by atoms with Crippen LogP contribution in [0.3, 0.4) is 0 Å². The average molecular weight is 459 g/mol. The Balaban J connectivity index is 1.86. The van der Waals surface area contributed by atoms with Crippen molar-refractivity contribution in [2.75, 3.05) is 5.32 Å². The van der Waals surface area contributed by atoms with E-state index in [-0.39, 0.29) is 23.0 Å². The van der Waals surface area contributed by atoms with Crippen LogP contribution in [0, 0.1) is 24.0 Å². The second-order valence-electron chi connectivity index (χ2n) is 6.58. The molecule has 1 heterocycles. The summed E-state index contributed by atoms with van der Waals surface area (Å²) in [5.41, 5.74) is 1.88. The number of carbonyl (C=O) groups excluding carboxylic acids is 1. The molecule has 1 N–H and O–H groups in total. The SMILES string of the molecule is Cc1cccc(Oc2cc(NC(=O)C(C)n3ncc(Br)c3C)cc([N+](=O)[O-])c2)c1. The number of nitrogens with one attached hydrogen (secondary N) is 1. The molecule has 0 aliphatic rings. The van der Waals surface area contributed by atoms with Gasteiger partial charge in [-0.2, -0.15) is 5.10 Å². The van der Waals surface area contributed by atoms with Gasteiger partial charge in [0.2, 0.25) is 5.91 Å². The number of rotatable bonds is 6. The molecule has 2 aromatic carbocycles. The highest BCUT2D eigenvalue weighted by atomic mass is 79.9. The topological polar surface area (TPSA) is 99.3 Å². The third-order valence-electron chi connectivity index (χ3n) is 4.33. The standard InChI is InChI=1S/C20H19BrN4O4/c1-12-5-4-6-17(7-12)29-18-9-15(8-16(10-18)25(27)28)23-20(26)14(3)24-13(2)19(21)11-22-24/h4-11,14H,1-3H3,(H,23,26). The molecule has 8 nitrogen and oxygen atoms in total. The van der Waals surface area contributed by atoms with Crippen LogP contribution in [-0.2, 0) is 4.79 Å². The van der Waals surface area contributed by atoms with E-state index in [1.54, 1.807) is 29.9 Å². The zero-order chi connectivity index (χ0) is 21.1. The van der Waals surface area contributed by atoms with Gasteiger partial charge in [-0.3, -0.25) is 19.6 Å². The Labute approximate surface area is 175 Å². The van der Waals surface area contributed by atoms with Gasteiger partial charge in [0.15, 0.2) is 0 Å². The molecule has 0 bridgehead atoms. The van der Waals surface area contributed by atoms with Crippen LogP contribution in [0.15, 0.2) is 53.1 Å². The maximum Gasteiger partial charge on any atom is 0.275 e. The lowest BCUT2D eigenvalue weighted by atomic mass is 10.2. The number of hydrogen-bond acceptors (Lipinski definition) is 5. The second kappa shape index (κ2) is 8.44. The van der Waals surface area contributed by atoms with E-state index in [0.29, 0.717) is 5.75 Å². The van der Waals surface area contributed by atoms with E-state index >= 15 is 0 Å². The van der Waals surface area contributed by atoms with Crippen LogP contribution in [0.4, 0.5) is 11.4 Å². The molecule has 0 spiro atoms. The fourth-order valence-corrected chi connectivity index (χ4v) is 3.06. The number of aryl methyl sites for hydroxylation is 1. The van der Waals surface area contributed by atoms with Crippen LogP contribution >= 0.6 is 15.9 Å². The first-order chi connectivity index (χ1) is 13.7. The monoisotopic (exact) mass is 458 g/mol. The molecule has 3 rings (SSSR count). The van der Waals surface area contributed by atoms with E-state index < -0.39 is 11.0 Å². The zero-order valence-corrected chi connectivity index (χ0v) is 17.6. The van der Waals surface area contributed by atoms with Crippen molar-refractivity contribution >= 4 is 33.2 Å². The molecule has 9 heteroatoms. The number of benzene rings is 2. The summed E-state index contributed by atoms with van der Waals surface area (Å²) in [5.74, 6) is 0.449. The number of carbonyl (C=O) groups is 1. The van der Waals surface area contributed by atoms with E-state index in [4.69, 9.17) is 4.74 Å². The van der Waals surface area contributed by atoms with Crippen molar-refractivity contribution in [3.63, 3.8) is 0 Å². The molecular weight excluding hydrogens is 440 g/mol. The smallest absolute Gasteiger partial charge is 0.275 e. The molecule has 3 aromatic rings. The molecule has 1 unspecified atom stereocenters. The number of non-ortho nitro benzene ring substituents is 1. The van der Waals surface area contributed by atoms with E-state index in [1.807, 2.05) is 32.0 Å². The molecule has 150 valence electrons. The van der Waals surface area contributed by atoms with Gasteiger partial charge < -0.3 is 10.1 Å². The molecule has 0 radical (unpaired) electrons. The first-order valence-corrected chi connectivity index (χ1v) is 9.58. The minimum Gasteiger partial charge on any atom is -0.457 e. The van der Waals surface area contributed by atoms with E-state index in [1.165, 1.54) is 12.1 Å². The van der Waals surface area contributed by atoms with Gasteiger partial charge in [-0.05, 0) is 54.4 Å². The Hall–Kier alpha value is -3.20. The Bertz CT molecular complexity index is 1080. The first kappa shape index (κ1) is 20.5. The summed E-state index contributed by atoms with van der Waals surface area (Å²) in [7, 11) is 0. The molecule has 1 aromatic heterocycles. The van der Waals surface area contributed by atoms with Gasteiger partial charge in [-0.1, -0.05) is 12.1 Å². The highest BCUT2D eigenvalue weighted by Crippen LogP contribution is 2.30. The lowest BCUT2D eigenvalue weighted by molar-refractivity contribution is -0.384. The molecule has 0 saturated carbocycles. The summed E-state index contributed by atoms with van der Waals surface area (Å²) in [4.78, 5) is 23.5. The number of nitro benzene ring substituents is 1. The van der Waals surface area contributed by atoms with Crippen LogP contribution in [-0.4, -0.2) is 20.6 Å². The predicted octanol–water partition coefficient (Wildman–Crippen LogP) is 5.16. The Morgan fingerprint density at radius 3 is 2.62 bits per heavy atom. The number of ether oxygens (including phenoxy) is 1. The van der Waals surface area contributed by atoms with Crippen molar-refractivity contribution in [1.82, 2.24) is 9.78 Å². The molecule has 0 fully saturated rings. The third kappa shape index (κ3) is 4.80. The molecular formula is C20H19BrN4O4. The van der Waals surface area contributed by atoms with Crippen molar-refractivity contribution in [2.24, 2.45) is 0 Å². The molecule has 1 atom stereocenters. The lowest BCUT2D eigenvalue weighted by Crippen LogP contribution is -2.25. The Kier molecular flexibility index (Phi) is 5.97. The number of hydrogen-bond donors (Lipinski definition) is 1. The van der Waals surface area contributed by atoms with Crippen molar-refractivity contribution < 1.29 is 14.5 Å². The molecule has 1 amide bonds. The fraction of sp³-hybridized carbons (Fsp3) is 0.200. The highest BCUT2D eigenvalue weighted by molar-refractivity contribution is 9.10. The van der Waals surface area contributed by atoms with E-state index in [0.717, 1.165) is 15.7 Å². The molecule has 0 aliphatic carbocycles. The summed E-state index contributed by atoms with van der Waals surface area (Å²) < 4.78 is 8.12. The second-order valence-corrected chi connectivity index (χ2v) is 7.43. The molecule has 0 aliphatic heterocycles. The summed E-state index contributed by atoms with van der Waals surface area (Å²) in [6, 6.07) is 10.9. The fourth-order valence-electron chi connectivity index (χ4n) is 2.79. The number of amides is 1. The average Bonchev–Trinajstić information content (AvgIpc) is 2.99. The van der Waals surface area contributed by atoms with Crippen LogP contribution in [0.25, 0.3) is 0 Å². The number of aromatic nitrogens is 2. The first-order valence-electron chi connectivity index (χ1n) is 8.79. The number of anilines is 1. The van der Waals surface area contributed by atoms with Gasteiger partial charge in [0, 0.05) is 12.1 Å². The Morgan fingerprint density at radius 2 is 2.00 bits per heavy atom. The number of halogens is 1. The van der Waals surface area contributed by atoms with E-state index in [9.17, 15) is 14.9 Å². The molecule has 0 saturated heterocycles. The minimum absolute atomic E-state index is 0.184. The van der Waals surface area contributed by atoms with Crippen LogP contribution in [0.2, 0.25) is 0 Å². The van der Waals surface area contributed by atoms with Crippen molar-refractivity contribution in [3.05, 3.63) is 74.5 Å². The highest BCUT2D eigenvalue weighted by Gasteiger charge is 2.20. The maximum atomic E-state index is 12.7. The lowest BCUT2D eigenvalue weighted by Gasteiger charge is -2.15. The van der Waals surface area contributed by atoms with Crippen LogP contribution < -0.4 is 10.1 Å². The number of nitro groups is 1. The van der Waals surface area contributed by atoms with Crippen molar-refractivity contribution in [1.29, 1.82) is 0 Å². The third-order valence-corrected chi connectivity index (χ3v) is 5.10. The van der Waals surface area contributed by atoms with Crippen molar-refractivity contribution in [2.45, 2.75) is 26.8 Å². The van der Waals surface area contributed by atoms with Gasteiger partial charge in [-0.15, -0.1) is 0 Å². The number of nitrogens with zero attached hydrogens (tertiary/aromatic N) is 3. The zero-order valence-electron chi connectivity index (χ0n) is 16.0. The summed E-state index contributed by atoms with van der Waals surface area (Å²) in [6.45, 7) is 5.45. The summed E-state index contributed by atoms with van der Waals surface area (Å²) >= 11 is 3.37. The summed E-state index contributed by atoms with van der Waals surface area (Å²) in [6.07, 6.45) is 1.61. The molecule has 29 heavy (non-hydrogen) atoms. The van der Waals surface area contributed by atoms with E-state index in [2.05, 4.69) is 26.3 Å². The van der Waals surface area contributed by atoms with Crippen LogP contribution in [0.5, 0.6) is 11.5 Å².